The van der Waals surface area contributed by atoms with Crippen molar-refractivity contribution in [3.05, 3.63) is 34.9 Å². The van der Waals surface area contributed by atoms with E-state index in [0.29, 0.717) is 16.6 Å². The van der Waals surface area contributed by atoms with Crippen LogP contribution in [0.5, 0.6) is 0 Å². The number of carbonyl (C=O) groups is 1. The minimum atomic E-state index is -0.0260. The van der Waals surface area contributed by atoms with Crippen molar-refractivity contribution in [1.29, 1.82) is 0 Å². The van der Waals surface area contributed by atoms with Crippen LogP contribution in [0.3, 0.4) is 0 Å². The summed E-state index contributed by atoms with van der Waals surface area (Å²) in [5, 5.41) is 3.62. The first kappa shape index (κ1) is 12.4. The van der Waals surface area contributed by atoms with Gasteiger partial charge in [-0.05, 0) is 50.7 Å². The second kappa shape index (κ2) is 5.52. The third kappa shape index (κ3) is 3.20. The van der Waals surface area contributed by atoms with Crippen molar-refractivity contribution in [2.24, 2.45) is 0 Å². The maximum atomic E-state index is 11.8. The summed E-state index contributed by atoms with van der Waals surface area (Å²) >= 11 is 5.78. The first-order valence-corrected chi connectivity index (χ1v) is 6.28. The van der Waals surface area contributed by atoms with E-state index in [1.165, 1.54) is 6.42 Å². The van der Waals surface area contributed by atoms with Gasteiger partial charge in [0, 0.05) is 23.2 Å². The number of halogens is 1. The van der Waals surface area contributed by atoms with Crippen molar-refractivity contribution in [3.8, 4) is 0 Å². The Bertz CT molecular complexity index is 391. The molecule has 0 aromatic heterocycles. The Hall–Kier alpha value is -1.06. The summed E-state index contributed by atoms with van der Waals surface area (Å²) in [6.45, 7) is 1.85. The van der Waals surface area contributed by atoms with Gasteiger partial charge in [0.05, 0.1) is 0 Å². The zero-order valence-electron chi connectivity index (χ0n) is 9.95. The lowest BCUT2D eigenvalue weighted by Crippen LogP contribution is -2.38. The third-order valence-electron chi connectivity index (χ3n) is 3.28. The van der Waals surface area contributed by atoms with Gasteiger partial charge in [-0.25, -0.2) is 0 Å². The van der Waals surface area contributed by atoms with E-state index in [4.69, 9.17) is 11.6 Å². The summed E-state index contributed by atoms with van der Waals surface area (Å²) in [7, 11) is 2.10. The first-order valence-electron chi connectivity index (χ1n) is 5.91. The van der Waals surface area contributed by atoms with Crippen molar-refractivity contribution in [3.63, 3.8) is 0 Å². The van der Waals surface area contributed by atoms with Gasteiger partial charge in [0.2, 0.25) is 0 Å². The van der Waals surface area contributed by atoms with E-state index < -0.39 is 0 Å². The predicted molar refractivity (Wildman–Crippen MR) is 69.4 cm³/mol. The number of amides is 1. The van der Waals surface area contributed by atoms with Crippen molar-refractivity contribution < 1.29 is 4.79 Å². The van der Waals surface area contributed by atoms with E-state index in [0.717, 1.165) is 19.5 Å². The number of rotatable bonds is 3. The number of likely N-dealkylation sites (N-methyl/N-ethyl adjacent to an activating group) is 1. The standard InChI is InChI=1S/C13H17ClN2O/c1-16-8-2-3-12(16)9-15-13(17)10-4-6-11(14)7-5-10/h4-7,12H,2-3,8-9H2,1H3,(H,15,17). The van der Waals surface area contributed by atoms with Crippen LogP contribution in [-0.4, -0.2) is 37.0 Å². The Labute approximate surface area is 107 Å². The van der Waals surface area contributed by atoms with E-state index >= 15 is 0 Å². The summed E-state index contributed by atoms with van der Waals surface area (Å²) in [6, 6.07) is 7.44. The van der Waals surface area contributed by atoms with Gasteiger partial charge in [-0.1, -0.05) is 11.6 Å². The van der Waals surface area contributed by atoms with Crippen molar-refractivity contribution in [2.75, 3.05) is 20.1 Å². The van der Waals surface area contributed by atoms with Crippen molar-refractivity contribution in [2.45, 2.75) is 18.9 Å². The van der Waals surface area contributed by atoms with Crippen molar-refractivity contribution in [1.82, 2.24) is 10.2 Å². The quantitative estimate of drug-likeness (QED) is 0.894. The lowest BCUT2D eigenvalue weighted by Gasteiger charge is -2.19. The van der Waals surface area contributed by atoms with Crippen molar-refractivity contribution >= 4 is 17.5 Å². The highest BCUT2D eigenvalue weighted by Crippen LogP contribution is 2.14. The molecular formula is C13H17ClN2O. The smallest absolute Gasteiger partial charge is 0.251 e. The zero-order chi connectivity index (χ0) is 12.3. The monoisotopic (exact) mass is 252 g/mol. The lowest BCUT2D eigenvalue weighted by molar-refractivity contribution is 0.0943. The predicted octanol–water partition coefficient (Wildman–Crippen LogP) is 2.16. The average Bonchev–Trinajstić information content (AvgIpc) is 2.73. The molecule has 1 N–H and O–H groups in total. The SMILES string of the molecule is CN1CCCC1CNC(=O)c1ccc(Cl)cc1. The van der Waals surface area contributed by atoms with Gasteiger partial charge in [0.15, 0.2) is 0 Å². The molecule has 0 spiro atoms. The highest BCUT2D eigenvalue weighted by Gasteiger charge is 2.21. The van der Waals surface area contributed by atoms with Gasteiger partial charge in [-0.3, -0.25) is 4.79 Å². The number of likely N-dealkylation sites (tertiary alicyclic amines) is 1. The Morgan fingerprint density at radius 3 is 2.76 bits per heavy atom. The Morgan fingerprint density at radius 1 is 1.47 bits per heavy atom. The molecule has 1 amide bonds. The molecule has 4 heteroatoms. The van der Waals surface area contributed by atoms with Crippen LogP contribution >= 0.6 is 11.6 Å². The molecule has 1 aliphatic heterocycles. The van der Waals surface area contributed by atoms with E-state index in [-0.39, 0.29) is 5.91 Å². The second-order valence-electron chi connectivity index (χ2n) is 4.49. The molecule has 3 nitrogen and oxygen atoms in total. The Kier molecular flexibility index (Phi) is 4.02. The topological polar surface area (TPSA) is 32.3 Å². The fourth-order valence-corrected chi connectivity index (χ4v) is 2.28. The van der Waals surface area contributed by atoms with E-state index in [2.05, 4.69) is 17.3 Å². The molecule has 17 heavy (non-hydrogen) atoms. The molecule has 1 heterocycles. The highest BCUT2D eigenvalue weighted by molar-refractivity contribution is 6.30. The minimum absolute atomic E-state index is 0.0260. The largest absolute Gasteiger partial charge is 0.350 e. The Morgan fingerprint density at radius 2 is 2.18 bits per heavy atom. The molecule has 1 aromatic rings. The van der Waals surface area contributed by atoms with Gasteiger partial charge < -0.3 is 10.2 Å². The molecule has 2 rings (SSSR count). The van der Waals surface area contributed by atoms with Crippen LogP contribution in [0.4, 0.5) is 0 Å². The van der Waals surface area contributed by atoms with Crippen LogP contribution < -0.4 is 5.32 Å². The van der Waals surface area contributed by atoms with E-state index in [1.54, 1.807) is 24.3 Å². The number of nitrogens with one attached hydrogen (secondary N) is 1. The molecule has 1 saturated heterocycles. The number of hydrogen-bond donors (Lipinski definition) is 1. The van der Waals surface area contributed by atoms with Crippen LogP contribution in [0, 0.1) is 0 Å². The molecular weight excluding hydrogens is 236 g/mol. The number of hydrogen-bond acceptors (Lipinski definition) is 2. The van der Waals surface area contributed by atoms with Gasteiger partial charge in [0.25, 0.3) is 5.91 Å². The zero-order valence-corrected chi connectivity index (χ0v) is 10.7. The summed E-state index contributed by atoms with van der Waals surface area (Å²) in [5.74, 6) is -0.0260. The molecule has 1 atom stereocenters. The van der Waals surface area contributed by atoms with Crippen LogP contribution in [0.1, 0.15) is 23.2 Å². The fourth-order valence-electron chi connectivity index (χ4n) is 2.15. The van der Waals surface area contributed by atoms with Gasteiger partial charge >= 0.3 is 0 Å². The second-order valence-corrected chi connectivity index (χ2v) is 4.93. The normalized spacial score (nSPS) is 20.5. The highest BCUT2D eigenvalue weighted by atomic mass is 35.5. The molecule has 1 aliphatic rings. The minimum Gasteiger partial charge on any atom is -0.350 e. The Balaban J connectivity index is 1.87. The van der Waals surface area contributed by atoms with Gasteiger partial charge in [-0.2, -0.15) is 0 Å². The van der Waals surface area contributed by atoms with Crippen LogP contribution in [-0.2, 0) is 0 Å². The molecule has 0 aliphatic carbocycles. The molecule has 0 saturated carbocycles. The number of nitrogens with zero attached hydrogens (tertiary/aromatic N) is 1. The fraction of sp³-hybridized carbons (Fsp3) is 0.462. The van der Waals surface area contributed by atoms with Gasteiger partial charge in [-0.15, -0.1) is 0 Å². The number of carbonyl (C=O) groups excluding carboxylic acids is 1. The van der Waals surface area contributed by atoms with Crippen LogP contribution in [0.15, 0.2) is 24.3 Å². The summed E-state index contributed by atoms with van der Waals surface area (Å²) in [6.07, 6.45) is 2.38. The summed E-state index contributed by atoms with van der Waals surface area (Å²) < 4.78 is 0. The maximum absolute atomic E-state index is 11.8. The molecule has 92 valence electrons. The number of benzene rings is 1. The average molecular weight is 253 g/mol. The first-order chi connectivity index (χ1) is 8.16. The molecule has 1 unspecified atom stereocenters. The summed E-state index contributed by atoms with van der Waals surface area (Å²) in [5.41, 5.74) is 0.662. The van der Waals surface area contributed by atoms with E-state index in [9.17, 15) is 4.79 Å². The molecule has 0 bridgehead atoms. The summed E-state index contributed by atoms with van der Waals surface area (Å²) in [4.78, 5) is 14.1. The van der Waals surface area contributed by atoms with Crippen LogP contribution in [0.2, 0.25) is 5.02 Å². The lowest BCUT2D eigenvalue weighted by atomic mass is 10.2. The third-order valence-corrected chi connectivity index (χ3v) is 3.53. The molecule has 1 fully saturated rings. The molecule has 0 radical (unpaired) electrons. The van der Waals surface area contributed by atoms with E-state index in [1.807, 2.05) is 0 Å². The maximum Gasteiger partial charge on any atom is 0.251 e. The molecule has 1 aromatic carbocycles. The van der Waals surface area contributed by atoms with Crippen LogP contribution in [0.25, 0.3) is 0 Å². The van der Waals surface area contributed by atoms with Gasteiger partial charge in [0.1, 0.15) is 0 Å².